The minimum atomic E-state index is -3.67. The van der Waals surface area contributed by atoms with Gasteiger partial charge in [0.15, 0.2) is 0 Å². The number of benzene rings is 5. The normalized spacial score (nSPS) is 10.8. The first kappa shape index (κ1) is 36.3. The van der Waals surface area contributed by atoms with Crippen molar-refractivity contribution in [2.75, 3.05) is 27.5 Å². The average molecular weight is 680 g/mol. The van der Waals surface area contributed by atoms with Crippen LogP contribution in [0, 0.1) is 13.8 Å². The first-order valence-corrected chi connectivity index (χ1v) is 17.4. The maximum absolute atomic E-state index is 12.5. The third-order valence-corrected chi connectivity index (χ3v) is 7.10. The Labute approximate surface area is 287 Å². The van der Waals surface area contributed by atoms with Crippen LogP contribution < -0.4 is 21.3 Å². The predicted molar refractivity (Wildman–Crippen MR) is 197 cm³/mol. The number of anilines is 4. The highest BCUT2D eigenvalue weighted by Gasteiger charge is 2.11. The summed E-state index contributed by atoms with van der Waals surface area (Å²) in [6, 6.07) is 41.1. The molecule has 0 aromatic heterocycles. The fourth-order valence-electron chi connectivity index (χ4n) is 4.77. The lowest BCUT2D eigenvalue weighted by Gasteiger charge is -2.23. The molecule has 254 valence electrons. The minimum Gasteiger partial charge on any atom is -0.308 e. The van der Waals surface area contributed by atoms with E-state index in [2.05, 4.69) is 50.4 Å². The number of nitrogens with zero attached hydrogens (tertiary/aromatic N) is 1. The lowest BCUT2D eigenvalue weighted by molar-refractivity contribution is 0.247. The number of hydrogen-bond donors (Lipinski definition) is 5. The average Bonchev–Trinajstić information content (AvgIpc) is 3.05. The maximum atomic E-state index is 12.5. The van der Waals surface area contributed by atoms with Crippen LogP contribution in [0.25, 0.3) is 0 Å². The van der Waals surface area contributed by atoms with E-state index < -0.39 is 10.1 Å². The molecule has 11 heteroatoms. The van der Waals surface area contributed by atoms with Crippen LogP contribution in [0.15, 0.2) is 127 Å². The van der Waals surface area contributed by atoms with Crippen LogP contribution >= 0.6 is 0 Å². The number of rotatable bonds is 10. The first-order valence-electron chi connectivity index (χ1n) is 15.5. The lowest BCUT2D eigenvalue weighted by atomic mass is 10.1. The number of hydrogen-bond acceptors (Lipinski definition) is 5. The van der Waals surface area contributed by atoms with E-state index in [1.165, 1.54) is 5.56 Å². The van der Waals surface area contributed by atoms with E-state index in [1.807, 2.05) is 117 Å². The zero-order valence-corrected chi connectivity index (χ0v) is 28.5. The Morgan fingerprint density at radius 1 is 0.510 bits per heavy atom. The molecule has 0 bridgehead atoms. The Morgan fingerprint density at radius 2 is 0.776 bits per heavy atom. The van der Waals surface area contributed by atoms with Crippen molar-refractivity contribution in [2.45, 2.75) is 33.5 Å². The smallest absolute Gasteiger partial charge is 0.308 e. The molecule has 4 amide bonds. The van der Waals surface area contributed by atoms with Crippen molar-refractivity contribution in [3.05, 3.63) is 155 Å². The summed E-state index contributed by atoms with van der Waals surface area (Å²) in [7, 11) is -3.67. The molecule has 0 radical (unpaired) electrons. The summed E-state index contributed by atoms with van der Waals surface area (Å²) in [6.07, 6.45) is 0.715. The molecule has 0 saturated carbocycles. The van der Waals surface area contributed by atoms with Crippen molar-refractivity contribution >= 4 is 44.9 Å². The van der Waals surface area contributed by atoms with E-state index in [-0.39, 0.29) is 12.1 Å². The molecule has 5 aromatic rings. The summed E-state index contributed by atoms with van der Waals surface area (Å²) in [5.41, 5.74) is 8.72. The van der Waals surface area contributed by atoms with Crippen LogP contribution in [0.5, 0.6) is 0 Å². The van der Waals surface area contributed by atoms with Gasteiger partial charge in [-0.15, -0.1) is 0 Å². The molecule has 5 N–H and O–H groups in total. The largest absolute Gasteiger partial charge is 0.323 e. The second kappa shape index (κ2) is 17.6. The van der Waals surface area contributed by atoms with Gasteiger partial charge in [-0.25, -0.2) is 9.59 Å². The van der Waals surface area contributed by atoms with E-state index >= 15 is 0 Å². The molecule has 0 fully saturated rings. The van der Waals surface area contributed by atoms with Gasteiger partial charge in [-0.1, -0.05) is 90.0 Å². The Kier molecular flexibility index (Phi) is 13.1. The highest BCUT2D eigenvalue weighted by Crippen LogP contribution is 2.19. The summed E-state index contributed by atoms with van der Waals surface area (Å²) in [6.45, 7) is 6.25. The topological polar surface area (TPSA) is 140 Å². The predicted octanol–water partition coefficient (Wildman–Crippen LogP) is 8.30. The van der Waals surface area contributed by atoms with E-state index in [4.69, 9.17) is 4.55 Å². The summed E-state index contributed by atoms with van der Waals surface area (Å²) in [4.78, 5) is 27.3. The summed E-state index contributed by atoms with van der Waals surface area (Å²) < 4.78 is 25.9. The van der Waals surface area contributed by atoms with Gasteiger partial charge in [-0.05, 0) is 79.1 Å². The molecule has 0 saturated heterocycles. The van der Waals surface area contributed by atoms with Crippen LogP contribution in [0.1, 0.15) is 27.8 Å². The van der Waals surface area contributed by atoms with Crippen LogP contribution in [0.3, 0.4) is 0 Å². The zero-order chi connectivity index (χ0) is 35.2. The van der Waals surface area contributed by atoms with Crippen LogP contribution in [-0.4, -0.2) is 36.2 Å². The van der Waals surface area contributed by atoms with Crippen molar-refractivity contribution in [3.8, 4) is 0 Å². The number of carbonyl (C=O) groups excluding carboxylic acids is 2. The van der Waals surface area contributed by atoms with E-state index in [0.29, 0.717) is 6.26 Å². The van der Waals surface area contributed by atoms with Gasteiger partial charge in [0.1, 0.15) is 0 Å². The molecule has 0 heterocycles. The first-order chi connectivity index (χ1) is 23.4. The second-order valence-electron chi connectivity index (χ2n) is 11.6. The zero-order valence-electron chi connectivity index (χ0n) is 27.7. The van der Waals surface area contributed by atoms with Gasteiger partial charge in [0.2, 0.25) is 0 Å². The lowest BCUT2D eigenvalue weighted by Crippen LogP contribution is -2.23. The molecular weight excluding hydrogens is 639 g/mol. The molecule has 5 rings (SSSR count). The van der Waals surface area contributed by atoms with E-state index in [0.717, 1.165) is 64.6 Å². The van der Waals surface area contributed by atoms with Crippen LogP contribution in [0.2, 0.25) is 0 Å². The van der Waals surface area contributed by atoms with Gasteiger partial charge in [0.25, 0.3) is 10.1 Å². The molecule has 0 unspecified atom stereocenters. The summed E-state index contributed by atoms with van der Waals surface area (Å²) in [5, 5.41) is 11.5. The summed E-state index contributed by atoms with van der Waals surface area (Å²) >= 11 is 0. The Balaban J connectivity index is 0.00000101. The van der Waals surface area contributed by atoms with Gasteiger partial charge >= 0.3 is 12.1 Å². The Morgan fingerprint density at radius 3 is 1.08 bits per heavy atom. The molecular formula is C38H41N5O5S. The fraction of sp³-hybridized carbons (Fsp3) is 0.158. The van der Waals surface area contributed by atoms with Crippen LogP contribution in [0.4, 0.5) is 32.3 Å². The van der Waals surface area contributed by atoms with Crippen molar-refractivity contribution in [1.29, 1.82) is 0 Å². The quantitative estimate of drug-likeness (QED) is 0.0941. The van der Waals surface area contributed by atoms with Crippen molar-refractivity contribution in [1.82, 2.24) is 4.90 Å². The molecule has 0 aliphatic heterocycles. The van der Waals surface area contributed by atoms with Gasteiger partial charge < -0.3 is 21.3 Å². The number of amides is 4. The monoisotopic (exact) mass is 679 g/mol. The van der Waals surface area contributed by atoms with Crippen molar-refractivity contribution in [3.63, 3.8) is 0 Å². The highest BCUT2D eigenvalue weighted by atomic mass is 32.2. The Bertz CT molecular complexity index is 1780. The van der Waals surface area contributed by atoms with E-state index in [9.17, 15) is 18.0 Å². The molecule has 49 heavy (non-hydrogen) atoms. The molecule has 10 nitrogen and oxygen atoms in total. The summed E-state index contributed by atoms with van der Waals surface area (Å²) in [5.74, 6) is 0. The molecule has 0 atom stereocenters. The van der Waals surface area contributed by atoms with Gasteiger partial charge in [-0.2, -0.15) is 8.42 Å². The maximum Gasteiger partial charge on any atom is 0.323 e. The fourth-order valence-corrected chi connectivity index (χ4v) is 4.77. The SMILES string of the molecule is CS(=O)(=O)O.Cc1ccc(NC(=O)Nc2ccc(CN(Cc3ccccc3)Cc3ccc(NC(=O)Nc4ccc(C)cc4)cc3)cc2)cc1. The molecule has 5 aromatic carbocycles. The number of nitrogens with one attached hydrogen (secondary N) is 4. The number of carbonyl (C=O) groups is 2. The van der Waals surface area contributed by atoms with Crippen LogP contribution in [-0.2, 0) is 29.8 Å². The molecule has 0 aliphatic carbocycles. The third kappa shape index (κ3) is 14.0. The standard InChI is InChI=1S/C37H37N5O2.CH4O3S/c1-27-8-16-32(17-9-27)38-36(43)40-34-20-12-30(13-21-34)25-42(24-29-6-4-3-5-7-29)26-31-14-22-35(23-15-31)41-37(44)39-33-18-10-28(2)11-19-33;1-5(2,3)4/h3-23H,24-26H2,1-2H3,(H2,38,40,43)(H2,39,41,44);1H3,(H,2,3,4). The molecule has 0 aliphatic rings. The van der Waals surface area contributed by atoms with Gasteiger partial charge in [0.05, 0.1) is 6.26 Å². The highest BCUT2D eigenvalue weighted by molar-refractivity contribution is 7.85. The number of urea groups is 2. The van der Waals surface area contributed by atoms with Gasteiger partial charge in [-0.3, -0.25) is 9.45 Å². The van der Waals surface area contributed by atoms with E-state index in [1.54, 1.807) is 0 Å². The van der Waals surface area contributed by atoms with Gasteiger partial charge in [0, 0.05) is 42.4 Å². The third-order valence-electron chi connectivity index (χ3n) is 7.10. The minimum absolute atomic E-state index is 0.280. The van der Waals surface area contributed by atoms with Crippen molar-refractivity contribution < 1.29 is 22.6 Å². The number of aryl methyl sites for hydroxylation is 2. The second-order valence-corrected chi connectivity index (χ2v) is 13.1. The molecule has 0 spiro atoms. The Hall–Kier alpha value is -5.49. The van der Waals surface area contributed by atoms with Crippen molar-refractivity contribution in [2.24, 2.45) is 0 Å².